The van der Waals surface area contributed by atoms with Crippen molar-refractivity contribution < 1.29 is 22.4 Å². The number of anilines is 1. The van der Waals surface area contributed by atoms with Crippen LogP contribution in [0.25, 0.3) is 0 Å². The fourth-order valence-electron chi connectivity index (χ4n) is 4.29. The molecule has 1 atom stereocenters. The third-order valence-electron chi connectivity index (χ3n) is 6.17. The molecular weight excluding hydrogens is 609 g/mol. The number of aryl methyl sites for hydroxylation is 1. The lowest BCUT2D eigenvalue weighted by atomic mass is 9.79. The van der Waals surface area contributed by atoms with E-state index in [1.807, 2.05) is 36.4 Å². The van der Waals surface area contributed by atoms with E-state index in [2.05, 4.69) is 38.2 Å². The molecule has 9 heteroatoms. The van der Waals surface area contributed by atoms with E-state index in [1.165, 1.54) is 31.2 Å². The van der Waals surface area contributed by atoms with Gasteiger partial charge in [-0.3, -0.25) is 4.98 Å². The molecule has 2 N–H and O–H groups in total. The van der Waals surface area contributed by atoms with Crippen LogP contribution in [0, 0.1) is 12.7 Å². The highest BCUT2D eigenvalue weighted by molar-refractivity contribution is 14.1. The Kier molecular flexibility index (Phi) is 8.35. The van der Waals surface area contributed by atoms with Gasteiger partial charge in [0.05, 0.1) is 11.3 Å². The van der Waals surface area contributed by atoms with Crippen molar-refractivity contribution in [1.29, 1.82) is 0 Å². The Bertz CT molecular complexity index is 1410. The SMILES string of the molecule is Cc1ccc([C@@](Cc2ccccc2)(NC(=O)Nc2cccc(F)c2)c2ccc(CI)cn2)cc1C(F)(F)F. The van der Waals surface area contributed by atoms with Crippen LogP contribution in [0.5, 0.6) is 0 Å². The average Bonchev–Trinajstić information content (AvgIpc) is 2.88. The van der Waals surface area contributed by atoms with Crippen LogP contribution >= 0.6 is 22.6 Å². The van der Waals surface area contributed by atoms with Crippen molar-refractivity contribution in [3.05, 3.63) is 130 Å². The fourth-order valence-corrected chi connectivity index (χ4v) is 4.75. The minimum atomic E-state index is -4.60. The molecule has 3 aromatic carbocycles. The number of rotatable bonds is 7. The summed E-state index contributed by atoms with van der Waals surface area (Å²) >= 11 is 2.19. The first-order valence-corrected chi connectivity index (χ1v) is 13.2. The molecule has 1 heterocycles. The average molecular weight is 633 g/mol. The van der Waals surface area contributed by atoms with Gasteiger partial charge in [-0.1, -0.05) is 77.2 Å². The van der Waals surface area contributed by atoms with E-state index in [-0.39, 0.29) is 23.2 Å². The van der Waals surface area contributed by atoms with Crippen molar-refractivity contribution in [3.63, 3.8) is 0 Å². The minimum absolute atomic E-state index is 0.0623. The van der Waals surface area contributed by atoms with Crippen molar-refractivity contribution in [2.75, 3.05) is 5.32 Å². The van der Waals surface area contributed by atoms with Gasteiger partial charge in [0, 0.05) is 22.7 Å². The van der Waals surface area contributed by atoms with Gasteiger partial charge in [0.25, 0.3) is 0 Å². The minimum Gasteiger partial charge on any atom is -0.322 e. The number of nitrogens with one attached hydrogen (secondary N) is 2. The summed E-state index contributed by atoms with van der Waals surface area (Å²) in [5.41, 5.74) is 0.236. The zero-order chi connectivity index (χ0) is 27.3. The highest BCUT2D eigenvalue weighted by Gasteiger charge is 2.41. The summed E-state index contributed by atoms with van der Waals surface area (Å²) in [6.07, 6.45) is -2.84. The molecule has 0 aliphatic heterocycles. The van der Waals surface area contributed by atoms with Crippen LogP contribution in [0.4, 0.5) is 28.0 Å². The van der Waals surface area contributed by atoms with Gasteiger partial charge in [0.1, 0.15) is 11.4 Å². The van der Waals surface area contributed by atoms with E-state index in [1.54, 1.807) is 18.3 Å². The van der Waals surface area contributed by atoms with Crippen LogP contribution in [0.3, 0.4) is 0 Å². The van der Waals surface area contributed by atoms with Crippen molar-refractivity contribution in [2.45, 2.75) is 29.5 Å². The Labute approximate surface area is 231 Å². The van der Waals surface area contributed by atoms with Crippen molar-refractivity contribution >= 4 is 34.3 Å². The number of amides is 2. The lowest BCUT2D eigenvalue weighted by molar-refractivity contribution is -0.138. The first-order chi connectivity index (χ1) is 18.1. The molecule has 0 spiro atoms. The summed E-state index contributed by atoms with van der Waals surface area (Å²) in [6, 6.07) is 21.3. The third-order valence-corrected chi connectivity index (χ3v) is 7.05. The number of halogens is 5. The number of hydrogen-bond acceptors (Lipinski definition) is 2. The van der Waals surface area contributed by atoms with Crippen LogP contribution in [0.15, 0.2) is 91.1 Å². The summed E-state index contributed by atoms with van der Waals surface area (Å²) in [5.74, 6) is -0.539. The second-order valence-corrected chi connectivity index (χ2v) is 9.63. The lowest BCUT2D eigenvalue weighted by Crippen LogP contribution is -2.50. The van der Waals surface area contributed by atoms with Gasteiger partial charge in [0.15, 0.2) is 0 Å². The number of alkyl halides is 4. The van der Waals surface area contributed by atoms with Gasteiger partial charge in [-0.15, -0.1) is 0 Å². The van der Waals surface area contributed by atoms with E-state index < -0.39 is 29.1 Å². The standard InChI is InChI=1S/C29H24F4IN3O/c1-19-10-12-22(14-25(19)29(31,32)33)28(16-20-6-3-2-4-7-20,26-13-11-21(17-34)18-35-26)37-27(38)36-24-9-5-8-23(30)15-24/h2-15,18H,16-17H2,1H3,(H2,36,37,38)/t28-/m1/s1. The molecule has 0 aliphatic rings. The fraction of sp³-hybridized carbons (Fsp3) is 0.172. The summed E-state index contributed by atoms with van der Waals surface area (Å²) in [4.78, 5) is 17.9. The maximum absolute atomic E-state index is 14.0. The largest absolute Gasteiger partial charge is 0.416 e. The predicted octanol–water partition coefficient (Wildman–Crippen LogP) is 7.79. The molecule has 38 heavy (non-hydrogen) atoms. The molecule has 1 aromatic heterocycles. The number of nitrogens with zero attached hydrogens (tertiary/aromatic N) is 1. The molecule has 4 nitrogen and oxygen atoms in total. The number of carbonyl (C=O) groups excluding carboxylic acids is 1. The van der Waals surface area contributed by atoms with Crippen LogP contribution in [0.1, 0.15) is 33.5 Å². The van der Waals surface area contributed by atoms with Gasteiger partial charge >= 0.3 is 12.2 Å². The summed E-state index contributed by atoms with van der Waals surface area (Å²) < 4.78 is 56.4. The quantitative estimate of drug-likeness (QED) is 0.124. The van der Waals surface area contributed by atoms with Gasteiger partial charge in [-0.2, -0.15) is 13.2 Å². The molecule has 0 radical (unpaired) electrons. The number of aromatic nitrogens is 1. The normalized spacial score (nSPS) is 13.0. The summed E-state index contributed by atoms with van der Waals surface area (Å²) in [5, 5.41) is 5.51. The predicted molar refractivity (Wildman–Crippen MR) is 148 cm³/mol. The molecule has 4 aromatic rings. The van der Waals surface area contributed by atoms with Crippen molar-refractivity contribution in [2.24, 2.45) is 0 Å². The number of urea groups is 1. The Balaban J connectivity index is 1.90. The second kappa shape index (κ2) is 11.5. The Hall–Kier alpha value is -3.47. The van der Waals surface area contributed by atoms with Crippen LogP contribution < -0.4 is 10.6 Å². The molecule has 196 valence electrons. The zero-order valence-electron chi connectivity index (χ0n) is 20.3. The van der Waals surface area contributed by atoms with Crippen LogP contribution in [0.2, 0.25) is 0 Å². The monoisotopic (exact) mass is 633 g/mol. The maximum Gasteiger partial charge on any atom is 0.416 e. The van der Waals surface area contributed by atoms with Gasteiger partial charge in [0.2, 0.25) is 0 Å². The Morgan fingerprint density at radius 1 is 0.921 bits per heavy atom. The number of hydrogen-bond donors (Lipinski definition) is 2. The number of carbonyl (C=O) groups is 1. The maximum atomic E-state index is 14.0. The van der Waals surface area contributed by atoms with E-state index in [0.29, 0.717) is 10.1 Å². The van der Waals surface area contributed by atoms with Crippen LogP contribution in [-0.4, -0.2) is 11.0 Å². The zero-order valence-corrected chi connectivity index (χ0v) is 22.5. The van der Waals surface area contributed by atoms with Gasteiger partial charge in [-0.05, 0) is 59.5 Å². The second-order valence-electron chi connectivity index (χ2n) is 8.87. The van der Waals surface area contributed by atoms with E-state index in [4.69, 9.17) is 0 Å². The molecule has 2 amide bonds. The highest BCUT2D eigenvalue weighted by atomic mass is 127. The molecule has 0 saturated heterocycles. The lowest BCUT2D eigenvalue weighted by Gasteiger charge is -2.36. The topological polar surface area (TPSA) is 54.0 Å². The van der Waals surface area contributed by atoms with E-state index >= 15 is 0 Å². The van der Waals surface area contributed by atoms with Gasteiger partial charge < -0.3 is 10.6 Å². The summed E-state index contributed by atoms with van der Waals surface area (Å²) in [6.45, 7) is 1.39. The molecule has 0 aliphatic carbocycles. The molecule has 0 saturated carbocycles. The molecule has 0 fully saturated rings. The van der Waals surface area contributed by atoms with Crippen molar-refractivity contribution in [3.8, 4) is 0 Å². The van der Waals surface area contributed by atoms with E-state index in [9.17, 15) is 22.4 Å². The first kappa shape index (κ1) is 27.6. The molecular formula is C29H24F4IN3O. The van der Waals surface area contributed by atoms with E-state index in [0.717, 1.165) is 23.3 Å². The Morgan fingerprint density at radius 2 is 1.68 bits per heavy atom. The highest BCUT2D eigenvalue weighted by Crippen LogP contribution is 2.38. The molecule has 0 bridgehead atoms. The third kappa shape index (κ3) is 6.32. The smallest absolute Gasteiger partial charge is 0.322 e. The number of pyridine rings is 1. The Morgan fingerprint density at radius 3 is 2.32 bits per heavy atom. The number of benzene rings is 3. The first-order valence-electron chi connectivity index (χ1n) is 11.7. The summed E-state index contributed by atoms with van der Waals surface area (Å²) in [7, 11) is 0. The molecule has 4 rings (SSSR count). The van der Waals surface area contributed by atoms with Gasteiger partial charge in [-0.25, -0.2) is 9.18 Å². The van der Waals surface area contributed by atoms with Crippen LogP contribution in [-0.2, 0) is 22.6 Å². The van der Waals surface area contributed by atoms with Crippen molar-refractivity contribution in [1.82, 2.24) is 10.3 Å². The molecule has 0 unspecified atom stereocenters.